The number of aromatic nitrogens is 3. The van der Waals surface area contributed by atoms with Crippen molar-refractivity contribution >= 4 is 50.2 Å². The number of hydrogen-bond acceptors (Lipinski definition) is 2. The molecule has 3 N–H and O–H groups in total. The van der Waals surface area contributed by atoms with Crippen LogP contribution in [0.15, 0.2) is 27.7 Å². The molecule has 18 heavy (non-hydrogen) atoms. The van der Waals surface area contributed by atoms with Crippen molar-refractivity contribution in [3.63, 3.8) is 0 Å². The molecule has 2 heterocycles. The highest BCUT2D eigenvalue weighted by Crippen LogP contribution is 2.22. The summed E-state index contributed by atoms with van der Waals surface area (Å²) < 4.78 is 1.59. The summed E-state index contributed by atoms with van der Waals surface area (Å²) in [5, 5.41) is 2.81. The van der Waals surface area contributed by atoms with E-state index in [1.807, 2.05) is 6.20 Å². The molecule has 0 spiro atoms. The van der Waals surface area contributed by atoms with Crippen LogP contribution >= 0.6 is 44.3 Å². The Bertz CT molecular complexity index is 492. The number of amides is 1. The van der Waals surface area contributed by atoms with E-state index < -0.39 is 0 Å². The second kappa shape index (κ2) is 6.96. The van der Waals surface area contributed by atoms with E-state index in [4.69, 9.17) is 0 Å². The average molecular weight is 398 g/mol. The summed E-state index contributed by atoms with van der Waals surface area (Å²) >= 11 is 6.60. The zero-order valence-corrected chi connectivity index (χ0v) is 13.2. The molecule has 0 radical (unpaired) electrons. The van der Waals surface area contributed by atoms with Crippen LogP contribution in [0.5, 0.6) is 0 Å². The van der Waals surface area contributed by atoms with Gasteiger partial charge >= 0.3 is 0 Å². The zero-order chi connectivity index (χ0) is 12.3. The molecule has 2 rings (SSSR count). The molecule has 0 atom stereocenters. The van der Waals surface area contributed by atoms with Crippen molar-refractivity contribution in [2.24, 2.45) is 0 Å². The topological polar surface area (TPSA) is 73.6 Å². The van der Waals surface area contributed by atoms with Crippen molar-refractivity contribution in [1.29, 1.82) is 0 Å². The zero-order valence-electron chi connectivity index (χ0n) is 9.17. The fraction of sp³-hybridized carbons (Fsp3) is 0.200. The predicted octanol–water partition coefficient (Wildman–Crippen LogP) is 2.66. The van der Waals surface area contributed by atoms with Crippen LogP contribution in [0.3, 0.4) is 0 Å². The number of nitrogens with one attached hydrogen (secondary N) is 3. The predicted molar refractivity (Wildman–Crippen MR) is 78.1 cm³/mol. The minimum atomic E-state index is -0.132. The monoisotopic (exact) mass is 396 g/mol. The van der Waals surface area contributed by atoms with Crippen LogP contribution in [0.2, 0.25) is 0 Å². The van der Waals surface area contributed by atoms with E-state index in [2.05, 4.69) is 52.1 Å². The standard InChI is InChI=1S/C10H10Br2N4O.ClH/c11-7-3-8(16-9(7)12)10(17)14-2-1-6-4-13-5-15-6;/h3-5,16H,1-2H2,(H,13,15)(H,14,17);1H. The Morgan fingerprint density at radius 3 is 2.78 bits per heavy atom. The third-order valence-electron chi connectivity index (χ3n) is 2.19. The van der Waals surface area contributed by atoms with Crippen LogP contribution in [0, 0.1) is 0 Å². The van der Waals surface area contributed by atoms with Gasteiger partial charge in [-0.3, -0.25) is 4.79 Å². The normalized spacial score (nSPS) is 9.89. The molecule has 2 aromatic rings. The van der Waals surface area contributed by atoms with Crippen LogP contribution < -0.4 is 5.32 Å². The lowest BCUT2D eigenvalue weighted by molar-refractivity contribution is 0.0949. The maximum absolute atomic E-state index is 11.7. The van der Waals surface area contributed by atoms with Crippen LogP contribution in [-0.4, -0.2) is 27.4 Å². The van der Waals surface area contributed by atoms with E-state index >= 15 is 0 Å². The number of imidazole rings is 1. The molecule has 0 aliphatic heterocycles. The minimum absolute atomic E-state index is 0. The van der Waals surface area contributed by atoms with E-state index in [1.165, 1.54) is 0 Å². The van der Waals surface area contributed by atoms with Gasteiger partial charge in [0.25, 0.3) is 5.91 Å². The molecular weight excluding hydrogens is 387 g/mol. The number of rotatable bonds is 4. The first-order valence-electron chi connectivity index (χ1n) is 4.96. The Morgan fingerprint density at radius 2 is 2.22 bits per heavy atom. The number of nitrogens with zero attached hydrogens (tertiary/aromatic N) is 1. The van der Waals surface area contributed by atoms with Crippen LogP contribution in [-0.2, 0) is 6.42 Å². The maximum atomic E-state index is 11.7. The van der Waals surface area contributed by atoms with Gasteiger partial charge in [-0.15, -0.1) is 12.4 Å². The smallest absolute Gasteiger partial charge is 0.267 e. The summed E-state index contributed by atoms with van der Waals surface area (Å²) in [6, 6.07) is 1.73. The van der Waals surface area contributed by atoms with Gasteiger partial charge in [-0.2, -0.15) is 0 Å². The molecule has 0 aromatic carbocycles. The lowest BCUT2D eigenvalue weighted by Gasteiger charge is -2.01. The lowest BCUT2D eigenvalue weighted by atomic mass is 10.3. The van der Waals surface area contributed by atoms with Gasteiger partial charge in [-0.05, 0) is 37.9 Å². The molecule has 0 aliphatic carbocycles. The highest BCUT2D eigenvalue weighted by Gasteiger charge is 2.10. The number of H-pyrrole nitrogens is 2. The molecule has 98 valence electrons. The van der Waals surface area contributed by atoms with E-state index in [-0.39, 0.29) is 18.3 Å². The van der Waals surface area contributed by atoms with Crippen LogP contribution in [0.4, 0.5) is 0 Å². The largest absolute Gasteiger partial charge is 0.351 e. The fourth-order valence-electron chi connectivity index (χ4n) is 1.35. The van der Waals surface area contributed by atoms with Crippen LogP contribution in [0.25, 0.3) is 0 Å². The summed E-state index contributed by atoms with van der Waals surface area (Å²) in [6.07, 6.45) is 4.14. The molecule has 0 saturated heterocycles. The Balaban J connectivity index is 0.00000162. The summed E-state index contributed by atoms with van der Waals surface area (Å²) in [4.78, 5) is 21.6. The summed E-state index contributed by atoms with van der Waals surface area (Å²) in [6.45, 7) is 0.554. The Morgan fingerprint density at radius 1 is 1.44 bits per heavy atom. The number of carbonyl (C=O) groups is 1. The molecule has 2 aromatic heterocycles. The van der Waals surface area contributed by atoms with Gasteiger partial charge in [0.2, 0.25) is 0 Å². The lowest BCUT2D eigenvalue weighted by Crippen LogP contribution is -2.26. The first kappa shape index (κ1) is 15.3. The quantitative estimate of drug-likeness (QED) is 0.741. The van der Waals surface area contributed by atoms with E-state index in [0.717, 1.165) is 14.8 Å². The van der Waals surface area contributed by atoms with Gasteiger partial charge in [0, 0.05) is 19.2 Å². The van der Waals surface area contributed by atoms with Gasteiger partial charge < -0.3 is 15.3 Å². The second-order valence-corrected chi connectivity index (χ2v) is 5.06. The third-order valence-corrected chi connectivity index (χ3v) is 3.97. The third kappa shape index (κ3) is 3.86. The summed E-state index contributed by atoms with van der Waals surface area (Å²) in [7, 11) is 0. The molecule has 8 heteroatoms. The molecule has 5 nitrogen and oxygen atoms in total. The molecular formula is C10H11Br2ClN4O. The Kier molecular flexibility index (Phi) is 5.90. The van der Waals surface area contributed by atoms with Crippen LogP contribution in [0.1, 0.15) is 16.2 Å². The molecule has 0 aliphatic rings. The maximum Gasteiger partial charge on any atom is 0.267 e. The van der Waals surface area contributed by atoms with Crippen molar-refractivity contribution in [3.05, 3.63) is 39.1 Å². The van der Waals surface area contributed by atoms with Gasteiger partial charge in [0.1, 0.15) is 5.69 Å². The molecule has 0 fully saturated rings. The van der Waals surface area contributed by atoms with Crippen molar-refractivity contribution in [2.75, 3.05) is 6.54 Å². The summed E-state index contributed by atoms with van der Waals surface area (Å²) in [5.74, 6) is -0.132. The Labute approximate surface area is 127 Å². The first-order valence-corrected chi connectivity index (χ1v) is 6.55. The average Bonchev–Trinajstić information content (AvgIpc) is 2.90. The first-order chi connectivity index (χ1) is 8.16. The van der Waals surface area contributed by atoms with Crippen molar-refractivity contribution in [3.8, 4) is 0 Å². The van der Waals surface area contributed by atoms with E-state index in [1.54, 1.807) is 12.4 Å². The fourth-order valence-corrected chi connectivity index (χ4v) is 2.01. The summed E-state index contributed by atoms with van der Waals surface area (Å²) in [5.41, 5.74) is 1.45. The number of carbonyl (C=O) groups excluding carboxylic acids is 1. The van der Waals surface area contributed by atoms with Crippen molar-refractivity contribution < 1.29 is 4.79 Å². The molecule has 1 amide bonds. The van der Waals surface area contributed by atoms with E-state index in [9.17, 15) is 4.79 Å². The highest BCUT2D eigenvalue weighted by molar-refractivity contribution is 9.13. The van der Waals surface area contributed by atoms with Gasteiger partial charge in [0.05, 0.1) is 21.1 Å². The highest BCUT2D eigenvalue weighted by atomic mass is 79.9. The number of hydrogen-bond donors (Lipinski definition) is 3. The Hall–Kier alpha value is -0.790. The van der Waals surface area contributed by atoms with E-state index in [0.29, 0.717) is 18.7 Å². The number of aromatic amines is 2. The molecule has 0 bridgehead atoms. The number of halogens is 3. The van der Waals surface area contributed by atoms with Gasteiger partial charge in [-0.25, -0.2) is 4.98 Å². The molecule has 0 saturated carbocycles. The van der Waals surface area contributed by atoms with Gasteiger partial charge in [0.15, 0.2) is 0 Å². The molecule has 0 unspecified atom stereocenters. The van der Waals surface area contributed by atoms with Gasteiger partial charge in [-0.1, -0.05) is 0 Å². The second-order valence-electron chi connectivity index (χ2n) is 3.41. The van der Waals surface area contributed by atoms with Crippen molar-refractivity contribution in [2.45, 2.75) is 6.42 Å². The van der Waals surface area contributed by atoms with Crippen molar-refractivity contribution in [1.82, 2.24) is 20.3 Å². The SMILES string of the molecule is Cl.O=C(NCCc1c[nH]cn1)c1cc(Br)c(Br)[nH]1. The minimum Gasteiger partial charge on any atom is -0.351 e.